The molecule has 10 N–H and O–H groups in total. The SMILES string of the molecule is C=C[C@]1(C)C[C@@H](OC(=O)NC(=O)OC2CCC(N)CC2)[C@]2(C)[C@H](C)CCC3(CCC(=O)[C@H]32)[C@@H](C)[C@@H]1O.C=C[C@]1(C)C[C@@H](OC(=O)NC(=O)OC2CCC(N)CC2)[C@]2(C)[C@H](C)CCC3(CCC(=O)[C@H]32)[C@@H](C)[C@@H]1O.O=C(O)CCC(=O)O. The van der Waals surface area contributed by atoms with E-state index in [2.05, 4.69) is 65.3 Å². The number of hydrogen-bond acceptors (Lipinski definition) is 16. The largest absolute Gasteiger partial charge is 0.481 e. The number of carbonyl (C=O) groups excluding carboxylic acids is 6. The van der Waals surface area contributed by atoms with Crippen LogP contribution < -0.4 is 22.1 Å². The summed E-state index contributed by atoms with van der Waals surface area (Å²) in [6.07, 6.45) is 8.40. The van der Waals surface area contributed by atoms with Crippen molar-refractivity contribution in [2.45, 2.75) is 233 Å². The van der Waals surface area contributed by atoms with Crippen molar-refractivity contribution in [2.24, 2.45) is 79.5 Å². The Bertz CT molecular complexity index is 2180. The second kappa shape index (κ2) is 25.3. The number of aliphatic hydroxyl groups excluding tert-OH is 2. The number of Topliss-reactive ketones (excluding diaryl/α,β-unsaturated/α-hetero) is 2. The fourth-order valence-electron chi connectivity index (χ4n) is 16.5. The lowest BCUT2D eigenvalue weighted by Gasteiger charge is -2.61. The van der Waals surface area contributed by atoms with Crippen LogP contribution in [0.3, 0.4) is 0 Å². The molecule has 0 aliphatic heterocycles. The van der Waals surface area contributed by atoms with Gasteiger partial charge in [0.05, 0.1) is 25.0 Å². The van der Waals surface area contributed by atoms with E-state index < -0.39 is 82.4 Å². The molecule has 0 aromatic rings. The van der Waals surface area contributed by atoms with Crippen LogP contribution in [0, 0.1) is 68.0 Å². The zero-order valence-electron chi connectivity index (χ0n) is 48.6. The molecule has 0 spiro atoms. The smallest absolute Gasteiger partial charge is 0.416 e. The van der Waals surface area contributed by atoms with Gasteiger partial charge in [-0.2, -0.15) is 0 Å². The van der Waals surface area contributed by atoms with Gasteiger partial charge in [-0.05, 0) is 137 Å². The maximum atomic E-state index is 13.4. The van der Waals surface area contributed by atoms with Gasteiger partial charge in [-0.25, -0.2) is 29.8 Å². The van der Waals surface area contributed by atoms with Gasteiger partial charge in [0, 0.05) is 58.4 Å². The Kier molecular flexibility index (Phi) is 20.3. The van der Waals surface area contributed by atoms with Gasteiger partial charge < -0.3 is 50.8 Å². The number of hydrogen-bond donors (Lipinski definition) is 8. The highest BCUT2D eigenvalue weighted by atomic mass is 16.6. The summed E-state index contributed by atoms with van der Waals surface area (Å²) >= 11 is 0. The zero-order chi connectivity index (χ0) is 59.5. The van der Waals surface area contributed by atoms with Crippen molar-refractivity contribution < 1.29 is 77.7 Å². The molecule has 0 heterocycles. The number of aliphatic hydroxyl groups is 2. The maximum absolute atomic E-state index is 13.4. The zero-order valence-corrected chi connectivity index (χ0v) is 48.6. The summed E-state index contributed by atoms with van der Waals surface area (Å²) in [5, 5.41) is 43.4. The third-order valence-electron chi connectivity index (χ3n) is 22.0. The molecule has 8 fully saturated rings. The Hall–Kier alpha value is -4.92. The van der Waals surface area contributed by atoms with Gasteiger partial charge in [-0.15, -0.1) is 13.2 Å². The fraction of sp³-hybridized carbons (Fsp3) is 0.800. The first-order valence-corrected chi connectivity index (χ1v) is 29.4. The Balaban J connectivity index is 0.000000227. The topological polar surface area (TPSA) is 330 Å². The predicted octanol–water partition coefficient (Wildman–Crippen LogP) is 8.90. The highest BCUT2D eigenvalue weighted by Gasteiger charge is 2.70. The summed E-state index contributed by atoms with van der Waals surface area (Å²) in [6, 6.07) is 0.246. The average Bonchev–Trinajstić information content (AvgIpc) is 4.04. The Morgan fingerprint density at radius 1 is 0.537 bits per heavy atom. The molecule has 2 unspecified atom stereocenters. The number of imide groups is 2. The summed E-state index contributed by atoms with van der Waals surface area (Å²) in [5.74, 6) is -2.37. The molecular formula is C60H94N4O16. The lowest BCUT2D eigenvalue weighted by Crippen LogP contribution is -2.63. The molecule has 450 valence electrons. The lowest BCUT2D eigenvalue weighted by atomic mass is 9.44. The van der Waals surface area contributed by atoms with Crippen molar-refractivity contribution in [1.29, 1.82) is 0 Å². The molecule has 0 radical (unpaired) electrons. The van der Waals surface area contributed by atoms with Crippen LogP contribution in [0.1, 0.15) is 184 Å². The highest BCUT2D eigenvalue weighted by Crippen LogP contribution is 2.69. The molecule has 8 aliphatic rings. The predicted molar refractivity (Wildman–Crippen MR) is 294 cm³/mol. The number of carboxylic acids is 2. The van der Waals surface area contributed by atoms with E-state index in [1.807, 2.05) is 13.8 Å². The van der Waals surface area contributed by atoms with Crippen molar-refractivity contribution >= 4 is 47.9 Å². The molecule has 80 heavy (non-hydrogen) atoms. The average molecular weight is 1130 g/mol. The van der Waals surface area contributed by atoms with Gasteiger partial charge in [0.15, 0.2) is 0 Å². The first-order valence-electron chi connectivity index (χ1n) is 29.4. The molecule has 4 bridgehead atoms. The minimum atomic E-state index is -1.08. The molecule has 8 rings (SSSR count). The van der Waals surface area contributed by atoms with E-state index in [9.17, 15) is 48.6 Å². The van der Waals surface area contributed by atoms with Gasteiger partial charge in [-0.3, -0.25) is 19.2 Å². The van der Waals surface area contributed by atoms with Crippen molar-refractivity contribution in [3.63, 3.8) is 0 Å². The third kappa shape index (κ3) is 12.8. The lowest BCUT2D eigenvalue weighted by molar-refractivity contribution is -0.191. The van der Waals surface area contributed by atoms with E-state index in [4.69, 9.17) is 40.6 Å². The number of nitrogens with one attached hydrogen (secondary N) is 2. The molecule has 20 heteroatoms. The van der Waals surface area contributed by atoms with Gasteiger partial charge in [-0.1, -0.05) is 67.5 Å². The standard InChI is InChI=1S/2C28H44N2O6.C4H6O4/c2*1-6-26(4)15-21(36-25(34)30-24(33)35-19-9-7-18(29)8-10-19)27(5)16(2)11-13-28(17(3)23(26)32)14-12-20(31)22(27)28;5-3(6)1-2-4(7)8/h2*6,16-19,21-23,32H,1,7-15,29H2,2-5H3,(H,30,33,34);1-2H2,(H,5,6)(H,7,8)/t2*16-,17+,18?,19?,21-,22+,23+,26-,27+,28?;/m11./s1. The number of carbonyl (C=O) groups is 8. The van der Waals surface area contributed by atoms with E-state index in [1.54, 1.807) is 12.2 Å². The summed E-state index contributed by atoms with van der Waals surface area (Å²) in [7, 11) is 0. The van der Waals surface area contributed by atoms with E-state index in [1.165, 1.54) is 0 Å². The van der Waals surface area contributed by atoms with Crippen molar-refractivity contribution in [3.8, 4) is 0 Å². The number of alkyl carbamates (subject to hydrolysis) is 4. The number of aliphatic carboxylic acids is 2. The Morgan fingerprint density at radius 3 is 1.15 bits per heavy atom. The minimum Gasteiger partial charge on any atom is -0.481 e. The third-order valence-corrected chi connectivity index (χ3v) is 22.0. The quantitative estimate of drug-likeness (QED) is 0.0789. The number of ketones is 2. The molecule has 4 amide bonds. The molecule has 0 saturated heterocycles. The normalized spacial score (nSPS) is 42.8. The number of rotatable bonds is 9. The number of carboxylic acid groups (broad SMARTS) is 2. The molecular weight excluding hydrogens is 1030 g/mol. The number of nitrogens with two attached hydrogens (primary N) is 2. The van der Waals surface area contributed by atoms with E-state index in [0.717, 1.165) is 64.2 Å². The Labute approximate surface area is 472 Å². The van der Waals surface area contributed by atoms with Crippen LogP contribution in [-0.4, -0.2) is 117 Å². The first-order chi connectivity index (χ1) is 37.4. The molecule has 0 aromatic heterocycles. The van der Waals surface area contributed by atoms with Crippen molar-refractivity contribution in [3.05, 3.63) is 25.3 Å². The molecule has 8 saturated carbocycles. The fourth-order valence-corrected chi connectivity index (χ4v) is 16.5. The molecule has 16 atom stereocenters. The molecule has 8 aliphatic carbocycles. The van der Waals surface area contributed by atoms with E-state index >= 15 is 0 Å². The Morgan fingerprint density at radius 2 is 0.850 bits per heavy atom. The minimum absolute atomic E-state index is 0.0999. The van der Waals surface area contributed by atoms with E-state index in [-0.39, 0.29) is 95.0 Å². The van der Waals surface area contributed by atoms with Crippen LogP contribution in [0.4, 0.5) is 19.2 Å². The van der Waals surface area contributed by atoms with Crippen molar-refractivity contribution in [2.75, 3.05) is 0 Å². The van der Waals surface area contributed by atoms with Gasteiger partial charge in [0.1, 0.15) is 36.0 Å². The van der Waals surface area contributed by atoms with Gasteiger partial charge in [0.25, 0.3) is 0 Å². The second-order valence-electron chi connectivity index (χ2n) is 26.4. The number of ether oxygens (including phenoxy) is 4. The van der Waals surface area contributed by atoms with Crippen LogP contribution >= 0.6 is 0 Å². The summed E-state index contributed by atoms with van der Waals surface area (Å²) in [5.41, 5.74) is 8.42. The number of amides is 4. The van der Waals surface area contributed by atoms with Crippen LogP contribution in [0.15, 0.2) is 25.3 Å². The summed E-state index contributed by atoms with van der Waals surface area (Å²) in [4.78, 5) is 97.1. The maximum Gasteiger partial charge on any atom is 0.416 e. The van der Waals surface area contributed by atoms with Crippen molar-refractivity contribution in [1.82, 2.24) is 10.6 Å². The summed E-state index contributed by atoms with van der Waals surface area (Å²) < 4.78 is 22.9. The molecule has 0 aromatic carbocycles. The molecule has 20 nitrogen and oxygen atoms in total. The van der Waals surface area contributed by atoms with Gasteiger partial charge in [0.2, 0.25) is 0 Å². The van der Waals surface area contributed by atoms with Gasteiger partial charge >= 0.3 is 36.3 Å². The van der Waals surface area contributed by atoms with Crippen LogP contribution in [0.2, 0.25) is 0 Å². The van der Waals surface area contributed by atoms with Crippen LogP contribution in [0.5, 0.6) is 0 Å². The second-order valence-corrected chi connectivity index (χ2v) is 26.4. The summed E-state index contributed by atoms with van der Waals surface area (Å²) in [6.45, 7) is 24.4. The first kappa shape index (κ1) is 64.3. The monoisotopic (exact) mass is 1130 g/mol. The van der Waals surface area contributed by atoms with Crippen LogP contribution in [-0.2, 0) is 38.1 Å². The van der Waals surface area contributed by atoms with E-state index in [0.29, 0.717) is 51.4 Å². The highest BCUT2D eigenvalue weighted by molar-refractivity contribution is 5.89. The van der Waals surface area contributed by atoms with Crippen LogP contribution in [0.25, 0.3) is 0 Å².